The summed E-state index contributed by atoms with van der Waals surface area (Å²) in [7, 11) is 0. The maximum Gasteiger partial charge on any atom is 0.231 e. The minimum absolute atomic E-state index is 0.0755. The number of benzene rings is 1. The molecule has 20 heavy (non-hydrogen) atoms. The van der Waals surface area contributed by atoms with Gasteiger partial charge >= 0.3 is 0 Å². The van der Waals surface area contributed by atoms with Crippen LogP contribution in [-0.2, 0) is 11.3 Å². The Labute approximate surface area is 119 Å². The van der Waals surface area contributed by atoms with Gasteiger partial charge in [0, 0.05) is 13.0 Å². The van der Waals surface area contributed by atoms with Crippen molar-refractivity contribution in [2.24, 2.45) is 11.7 Å². The van der Waals surface area contributed by atoms with Crippen LogP contribution in [0.3, 0.4) is 0 Å². The van der Waals surface area contributed by atoms with Crippen LogP contribution in [0.25, 0.3) is 0 Å². The molecule has 1 unspecified atom stereocenters. The first-order valence-corrected chi connectivity index (χ1v) is 7.04. The number of hydrogen-bond acceptors (Lipinski definition) is 4. The third kappa shape index (κ3) is 4.13. The number of fused-ring (bicyclic) bond motifs is 1. The Bertz CT molecular complexity index is 462. The molecule has 2 rings (SSSR count). The van der Waals surface area contributed by atoms with Crippen molar-refractivity contribution in [3.63, 3.8) is 0 Å². The van der Waals surface area contributed by atoms with Crippen LogP contribution in [0, 0.1) is 5.92 Å². The zero-order valence-corrected chi connectivity index (χ0v) is 11.9. The van der Waals surface area contributed by atoms with Gasteiger partial charge in [0.15, 0.2) is 11.5 Å². The summed E-state index contributed by atoms with van der Waals surface area (Å²) in [6, 6.07) is 5.71. The highest BCUT2D eigenvalue weighted by atomic mass is 16.7. The summed E-state index contributed by atoms with van der Waals surface area (Å²) in [4.78, 5) is 11.8. The predicted molar refractivity (Wildman–Crippen MR) is 76.5 cm³/mol. The van der Waals surface area contributed by atoms with Gasteiger partial charge < -0.3 is 20.5 Å². The standard InChI is InChI=1S/C15H22N2O3/c1-11(6-7-16)2-5-15(18)17-9-12-3-4-13-14(8-12)20-10-19-13/h3-4,8,11H,2,5-7,9-10,16H2,1H3,(H,17,18). The van der Waals surface area contributed by atoms with Gasteiger partial charge in [-0.15, -0.1) is 0 Å². The molecular weight excluding hydrogens is 256 g/mol. The molecule has 1 aromatic carbocycles. The number of amides is 1. The lowest BCUT2D eigenvalue weighted by atomic mass is 10.0. The molecule has 5 nitrogen and oxygen atoms in total. The third-order valence-electron chi connectivity index (χ3n) is 3.45. The van der Waals surface area contributed by atoms with E-state index >= 15 is 0 Å². The van der Waals surface area contributed by atoms with E-state index in [0.29, 0.717) is 25.4 Å². The number of ether oxygens (including phenoxy) is 2. The lowest BCUT2D eigenvalue weighted by Gasteiger charge is -2.10. The maximum atomic E-state index is 11.8. The topological polar surface area (TPSA) is 73.6 Å². The number of rotatable bonds is 7. The van der Waals surface area contributed by atoms with Gasteiger partial charge in [0.25, 0.3) is 0 Å². The number of carbonyl (C=O) groups excluding carboxylic acids is 1. The van der Waals surface area contributed by atoms with Crippen molar-refractivity contribution in [2.75, 3.05) is 13.3 Å². The SMILES string of the molecule is CC(CCN)CCC(=O)NCc1ccc2c(c1)OCO2. The van der Waals surface area contributed by atoms with Crippen molar-refractivity contribution in [3.8, 4) is 11.5 Å². The van der Waals surface area contributed by atoms with Crippen molar-refractivity contribution >= 4 is 5.91 Å². The minimum Gasteiger partial charge on any atom is -0.454 e. The van der Waals surface area contributed by atoms with E-state index in [1.165, 1.54) is 0 Å². The Kier molecular flexibility index (Phi) is 5.24. The van der Waals surface area contributed by atoms with Crippen LogP contribution in [0.1, 0.15) is 31.7 Å². The highest BCUT2D eigenvalue weighted by Crippen LogP contribution is 2.32. The lowest BCUT2D eigenvalue weighted by Crippen LogP contribution is -2.23. The van der Waals surface area contributed by atoms with Crippen molar-refractivity contribution in [2.45, 2.75) is 32.7 Å². The fourth-order valence-corrected chi connectivity index (χ4v) is 2.15. The van der Waals surface area contributed by atoms with Crippen LogP contribution in [0.2, 0.25) is 0 Å². The first kappa shape index (κ1) is 14.7. The molecule has 1 heterocycles. The molecule has 3 N–H and O–H groups in total. The highest BCUT2D eigenvalue weighted by Gasteiger charge is 2.13. The molecule has 0 aromatic heterocycles. The number of nitrogens with one attached hydrogen (secondary N) is 1. The van der Waals surface area contributed by atoms with Gasteiger partial charge in [-0.25, -0.2) is 0 Å². The van der Waals surface area contributed by atoms with Crippen molar-refractivity contribution in [1.29, 1.82) is 0 Å². The third-order valence-corrected chi connectivity index (χ3v) is 3.45. The first-order chi connectivity index (χ1) is 9.69. The summed E-state index contributed by atoms with van der Waals surface area (Å²) in [6.07, 6.45) is 2.39. The second-order valence-corrected chi connectivity index (χ2v) is 5.19. The van der Waals surface area contributed by atoms with E-state index in [4.69, 9.17) is 15.2 Å². The normalized spacial score (nSPS) is 14.1. The molecule has 1 amide bonds. The number of carbonyl (C=O) groups is 1. The molecule has 1 atom stereocenters. The van der Waals surface area contributed by atoms with E-state index < -0.39 is 0 Å². The molecule has 110 valence electrons. The number of hydrogen-bond donors (Lipinski definition) is 2. The van der Waals surface area contributed by atoms with Crippen LogP contribution in [0.5, 0.6) is 11.5 Å². The second kappa shape index (κ2) is 7.14. The molecule has 0 saturated heterocycles. The van der Waals surface area contributed by atoms with Crippen molar-refractivity contribution < 1.29 is 14.3 Å². The summed E-state index contributed by atoms with van der Waals surface area (Å²) >= 11 is 0. The van der Waals surface area contributed by atoms with Crippen LogP contribution in [0.15, 0.2) is 18.2 Å². The predicted octanol–water partition coefficient (Wildman–Crippen LogP) is 1.80. The van der Waals surface area contributed by atoms with Crippen molar-refractivity contribution in [3.05, 3.63) is 23.8 Å². The van der Waals surface area contributed by atoms with Gasteiger partial charge in [-0.3, -0.25) is 4.79 Å². The fourth-order valence-electron chi connectivity index (χ4n) is 2.15. The van der Waals surface area contributed by atoms with Gasteiger partial charge in [-0.2, -0.15) is 0 Å². The second-order valence-electron chi connectivity index (χ2n) is 5.19. The summed E-state index contributed by atoms with van der Waals surface area (Å²) in [5.41, 5.74) is 6.50. The Morgan fingerprint density at radius 1 is 1.35 bits per heavy atom. The monoisotopic (exact) mass is 278 g/mol. The zero-order valence-electron chi connectivity index (χ0n) is 11.9. The van der Waals surface area contributed by atoms with Crippen LogP contribution in [0.4, 0.5) is 0 Å². The van der Waals surface area contributed by atoms with E-state index in [1.54, 1.807) is 0 Å². The summed E-state index contributed by atoms with van der Waals surface area (Å²) in [6.45, 7) is 3.59. The van der Waals surface area contributed by atoms with Crippen LogP contribution >= 0.6 is 0 Å². The largest absolute Gasteiger partial charge is 0.454 e. The summed E-state index contributed by atoms with van der Waals surface area (Å²) < 4.78 is 10.6. The average Bonchev–Trinajstić information content (AvgIpc) is 2.90. The zero-order chi connectivity index (χ0) is 14.4. The molecule has 1 aromatic rings. The van der Waals surface area contributed by atoms with E-state index in [0.717, 1.165) is 29.9 Å². The smallest absolute Gasteiger partial charge is 0.231 e. The molecule has 1 aliphatic rings. The Balaban J connectivity index is 1.73. The fraction of sp³-hybridized carbons (Fsp3) is 0.533. The summed E-state index contributed by atoms with van der Waals surface area (Å²) in [5.74, 6) is 2.08. The molecule has 0 bridgehead atoms. The Morgan fingerprint density at radius 2 is 2.15 bits per heavy atom. The van der Waals surface area contributed by atoms with E-state index in [9.17, 15) is 4.79 Å². The molecule has 0 saturated carbocycles. The Morgan fingerprint density at radius 3 is 2.95 bits per heavy atom. The van der Waals surface area contributed by atoms with E-state index in [-0.39, 0.29) is 12.7 Å². The summed E-state index contributed by atoms with van der Waals surface area (Å²) in [5, 5.41) is 2.92. The van der Waals surface area contributed by atoms with Gasteiger partial charge in [0.2, 0.25) is 12.7 Å². The quantitative estimate of drug-likeness (QED) is 0.797. The van der Waals surface area contributed by atoms with Gasteiger partial charge in [0.05, 0.1) is 0 Å². The average molecular weight is 278 g/mol. The van der Waals surface area contributed by atoms with Crippen molar-refractivity contribution in [1.82, 2.24) is 5.32 Å². The van der Waals surface area contributed by atoms with Gasteiger partial charge in [-0.05, 0) is 43.0 Å². The molecule has 0 spiro atoms. The Hall–Kier alpha value is -1.75. The molecule has 5 heteroatoms. The lowest BCUT2D eigenvalue weighted by molar-refractivity contribution is -0.121. The van der Waals surface area contributed by atoms with Gasteiger partial charge in [-0.1, -0.05) is 13.0 Å². The molecule has 0 radical (unpaired) electrons. The van der Waals surface area contributed by atoms with Crippen LogP contribution < -0.4 is 20.5 Å². The van der Waals surface area contributed by atoms with E-state index in [1.807, 2.05) is 18.2 Å². The molecule has 1 aliphatic heterocycles. The molecular formula is C15H22N2O3. The molecule has 0 fully saturated rings. The minimum atomic E-state index is 0.0755. The maximum absolute atomic E-state index is 11.8. The van der Waals surface area contributed by atoms with E-state index in [2.05, 4.69) is 12.2 Å². The molecule has 0 aliphatic carbocycles. The first-order valence-electron chi connectivity index (χ1n) is 7.04. The van der Waals surface area contributed by atoms with Crippen LogP contribution in [-0.4, -0.2) is 19.2 Å². The van der Waals surface area contributed by atoms with Gasteiger partial charge in [0.1, 0.15) is 0 Å². The highest BCUT2D eigenvalue weighted by molar-refractivity contribution is 5.75. The number of nitrogens with two attached hydrogens (primary N) is 1.